The topological polar surface area (TPSA) is 29.9 Å². The molecule has 0 aliphatic rings. The quantitative estimate of drug-likeness (QED) is 0.783. The van der Waals surface area contributed by atoms with Gasteiger partial charge in [-0.25, -0.2) is 4.98 Å². The third kappa shape index (κ3) is 2.49. The van der Waals surface area contributed by atoms with Crippen LogP contribution in [0.5, 0.6) is 0 Å². The highest BCUT2D eigenvalue weighted by Gasteiger charge is 2.07. The van der Waals surface area contributed by atoms with Crippen LogP contribution in [0.4, 0.5) is 5.69 Å². The molecule has 3 rings (SSSR count). The van der Waals surface area contributed by atoms with Gasteiger partial charge in [-0.3, -0.25) is 0 Å². The fourth-order valence-corrected chi connectivity index (χ4v) is 2.39. The molecule has 3 nitrogen and oxygen atoms in total. The Morgan fingerprint density at radius 2 is 1.90 bits per heavy atom. The summed E-state index contributed by atoms with van der Waals surface area (Å²) in [6.45, 7) is 2.77. The van der Waals surface area contributed by atoms with E-state index in [1.54, 1.807) is 0 Å². The maximum atomic E-state index is 5.88. The van der Waals surface area contributed by atoms with Crippen molar-refractivity contribution in [2.75, 3.05) is 5.32 Å². The summed E-state index contributed by atoms with van der Waals surface area (Å²) in [5.41, 5.74) is 4.47. The number of nitrogens with zero attached hydrogens (tertiary/aromatic N) is 2. The van der Waals surface area contributed by atoms with E-state index in [2.05, 4.69) is 40.0 Å². The first-order valence-corrected chi connectivity index (χ1v) is 6.93. The Morgan fingerprint density at radius 3 is 2.65 bits per heavy atom. The second kappa shape index (κ2) is 5.17. The van der Waals surface area contributed by atoms with E-state index in [4.69, 9.17) is 11.6 Å². The number of aryl methyl sites for hydroxylation is 2. The smallest absolute Gasteiger partial charge is 0.128 e. The molecule has 20 heavy (non-hydrogen) atoms. The molecule has 0 amide bonds. The zero-order valence-electron chi connectivity index (χ0n) is 11.5. The van der Waals surface area contributed by atoms with Crippen molar-refractivity contribution in [1.29, 1.82) is 0 Å². The van der Waals surface area contributed by atoms with Gasteiger partial charge in [0.25, 0.3) is 0 Å². The highest BCUT2D eigenvalue weighted by Crippen LogP contribution is 2.18. The van der Waals surface area contributed by atoms with Crippen LogP contribution in [0.15, 0.2) is 42.5 Å². The molecule has 1 N–H and O–H groups in total. The molecule has 3 aromatic rings. The summed E-state index contributed by atoms with van der Waals surface area (Å²) in [5, 5.41) is 4.11. The maximum Gasteiger partial charge on any atom is 0.128 e. The van der Waals surface area contributed by atoms with Crippen molar-refractivity contribution in [3.05, 3.63) is 58.9 Å². The van der Waals surface area contributed by atoms with Gasteiger partial charge in [-0.2, -0.15) is 0 Å². The van der Waals surface area contributed by atoms with Gasteiger partial charge in [-0.1, -0.05) is 17.7 Å². The van der Waals surface area contributed by atoms with Crippen molar-refractivity contribution in [3.63, 3.8) is 0 Å². The molecular formula is C16H16ClN3. The van der Waals surface area contributed by atoms with Crippen molar-refractivity contribution in [2.24, 2.45) is 7.05 Å². The zero-order chi connectivity index (χ0) is 14.1. The fraction of sp³-hybridized carbons (Fsp3) is 0.188. The van der Waals surface area contributed by atoms with E-state index in [0.717, 1.165) is 27.6 Å². The van der Waals surface area contributed by atoms with Crippen LogP contribution in [0.25, 0.3) is 11.0 Å². The molecule has 0 atom stereocenters. The van der Waals surface area contributed by atoms with E-state index in [9.17, 15) is 0 Å². The number of halogens is 1. The molecule has 1 aromatic heterocycles. The number of benzene rings is 2. The Bertz CT molecular complexity index is 744. The molecule has 0 bridgehead atoms. The van der Waals surface area contributed by atoms with Gasteiger partial charge in [0.2, 0.25) is 0 Å². The Balaban J connectivity index is 1.84. The SMILES string of the molecule is Cc1ccc2c(c1)nc(CNc1ccc(Cl)cc1)n2C. The first-order valence-electron chi connectivity index (χ1n) is 6.55. The summed E-state index contributed by atoms with van der Waals surface area (Å²) in [6.07, 6.45) is 0. The molecule has 4 heteroatoms. The van der Waals surface area contributed by atoms with Crippen LogP contribution in [0, 0.1) is 6.92 Å². The van der Waals surface area contributed by atoms with Crippen molar-refractivity contribution in [2.45, 2.75) is 13.5 Å². The summed E-state index contributed by atoms with van der Waals surface area (Å²) in [5.74, 6) is 1.01. The average molecular weight is 286 g/mol. The van der Waals surface area contributed by atoms with Crippen LogP contribution in [-0.4, -0.2) is 9.55 Å². The minimum atomic E-state index is 0.686. The van der Waals surface area contributed by atoms with Crippen LogP contribution in [0.3, 0.4) is 0 Å². The molecule has 0 aliphatic heterocycles. The number of nitrogens with one attached hydrogen (secondary N) is 1. The van der Waals surface area contributed by atoms with Gasteiger partial charge < -0.3 is 9.88 Å². The molecule has 0 saturated carbocycles. The summed E-state index contributed by atoms with van der Waals surface area (Å²) >= 11 is 5.88. The molecule has 0 fully saturated rings. The maximum absolute atomic E-state index is 5.88. The lowest BCUT2D eigenvalue weighted by atomic mass is 10.2. The van der Waals surface area contributed by atoms with Gasteiger partial charge in [0.15, 0.2) is 0 Å². The fourth-order valence-electron chi connectivity index (χ4n) is 2.27. The number of aromatic nitrogens is 2. The van der Waals surface area contributed by atoms with E-state index in [1.165, 1.54) is 5.56 Å². The minimum Gasteiger partial charge on any atom is -0.378 e. The molecule has 0 spiro atoms. The second-order valence-electron chi connectivity index (χ2n) is 4.94. The van der Waals surface area contributed by atoms with Gasteiger partial charge >= 0.3 is 0 Å². The monoisotopic (exact) mass is 285 g/mol. The highest BCUT2D eigenvalue weighted by atomic mass is 35.5. The zero-order valence-corrected chi connectivity index (χ0v) is 12.3. The van der Waals surface area contributed by atoms with Crippen molar-refractivity contribution in [3.8, 4) is 0 Å². The Labute approximate surface area is 123 Å². The lowest BCUT2D eigenvalue weighted by Crippen LogP contribution is -2.05. The number of rotatable bonds is 3. The summed E-state index contributed by atoms with van der Waals surface area (Å²) in [4.78, 5) is 4.68. The molecule has 1 heterocycles. The van der Waals surface area contributed by atoms with Gasteiger partial charge in [0.1, 0.15) is 5.82 Å². The predicted octanol–water partition coefficient (Wildman–Crippen LogP) is 4.15. The first-order chi connectivity index (χ1) is 9.63. The van der Waals surface area contributed by atoms with Crippen LogP contribution in [0.2, 0.25) is 5.02 Å². The lowest BCUT2D eigenvalue weighted by molar-refractivity contribution is 0.834. The Hall–Kier alpha value is -2.00. The van der Waals surface area contributed by atoms with Crippen LogP contribution >= 0.6 is 11.6 Å². The summed E-state index contributed by atoms with van der Waals surface area (Å²) in [7, 11) is 2.05. The van der Waals surface area contributed by atoms with Crippen LogP contribution in [-0.2, 0) is 13.6 Å². The van der Waals surface area contributed by atoms with Crippen molar-refractivity contribution < 1.29 is 0 Å². The van der Waals surface area contributed by atoms with Crippen LogP contribution < -0.4 is 5.32 Å². The lowest BCUT2D eigenvalue weighted by Gasteiger charge is -2.06. The largest absolute Gasteiger partial charge is 0.378 e. The van der Waals surface area contributed by atoms with Crippen molar-refractivity contribution >= 4 is 28.3 Å². The Kier molecular flexibility index (Phi) is 3.36. The number of imidazole rings is 1. The standard InChI is InChI=1S/C16H16ClN3/c1-11-3-8-15-14(9-11)19-16(20(15)2)10-18-13-6-4-12(17)5-7-13/h3-9,18H,10H2,1-2H3. The van der Waals surface area contributed by atoms with E-state index in [1.807, 2.05) is 31.3 Å². The number of hydrogen-bond donors (Lipinski definition) is 1. The predicted molar refractivity (Wildman–Crippen MR) is 84.2 cm³/mol. The van der Waals surface area contributed by atoms with E-state index < -0.39 is 0 Å². The van der Waals surface area contributed by atoms with E-state index >= 15 is 0 Å². The third-order valence-electron chi connectivity index (χ3n) is 3.42. The van der Waals surface area contributed by atoms with Gasteiger partial charge in [0.05, 0.1) is 17.6 Å². The molecular weight excluding hydrogens is 270 g/mol. The minimum absolute atomic E-state index is 0.686. The van der Waals surface area contributed by atoms with E-state index in [-0.39, 0.29) is 0 Å². The molecule has 2 aromatic carbocycles. The third-order valence-corrected chi connectivity index (χ3v) is 3.68. The van der Waals surface area contributed by atoms with Crippen LogP contribution in [0.1, 0.15) is 11.4 Å². The highest BCUT2D eigenvalue weighted by molar-refractivity contribution is 6.30. The van der Waals surface area contributed by atoms with Gasteiger partial charge in [-0.15, -0.1) is 0 Å². The summed E-state index contributed by atoms with van der Waals surface area (Å²) < 4.78 is 2.12. The Morgan fingerprint density at radius 1 is 1.15 bits per heavy atom. The second-order valence-corrected chi connectivity index (χ2v) is 5.38. The first kappa shape index (κ1) is 13.0. The van der Waals surface area contributed by atoms with Gasteiger partial charge in [0, 0.05) is 17.8 Å². The molecule has 0 unspecified atom stereocenters. The van der Waals surface area contributed by atoms with E-state index in [0.29, 0.717) is 6.54 Å². The molecule has 0 radical (unpaired) electrons. The number of anilines is 1. The van der Waals surface area contributed by atoms with Crippen molar-refractivity contribution in [1.82, 2.24) is 9.55 Å². The average Bonchev–Trinajstić information content (AvgIpc) is 2.74. The summed E-state index contributed by atoms with van der Waals surface area (Å²) in [6, 6.07) is 14.0. The molecule has 102 valence electrons. The number of fused-ring (bicyclic) bond motifs is 1. The molecule has 0 saturated heterocycles. The number of hydrogen-bond acceptors (Lipinski definition) is 2. The van der Waals surface area contributed by atoms with Gasteiger partial charge in [-0.05, 0) is 48.9 Å². The molecule has 0 aliphatic carbocycles. The normalized spacial score (nSPS) is 10.9.